The molecule has 0 saturated heterocycles. The molecule has 0 aliphatic carbocycles. The first-order valence-electron chi connectivity index (χ1n) is 6.04. The van der Waals surface area contributed by atoms with Gasteiger partial charge in [0.05, 0.1) is 17.8 Å². The highest BCUT2D eigenvalue weighted by Crippen LogP contribution is 2.11. The van der Waals surface area contributed by atoms with Crippen LogP contribution >= 0.6 is 0 Å². The average Bonchev–Trinajstić information content (AvgIpc) is 3.00. The molecule has 0 radical (unpaired) electrons. The van der Waals surface area contributed by atoms with Crippen LogP contribution in [0.25, 0.3) is 11.4 Å². The van der Waals surface area contributed by atoms with Gasteiger partial charge < -0.3 is 5.32 Å². The summed E-state index contributed by atoms with van der Waals surface area (Å²) >= 11 is 0. The zero-order chi connectivity index (χ0) is 13.8. The van der Waals surface area contributed by atoms with Crippen LogP contribution in [-0.4, -0.2) is 35.6 Å². The molecule has 0 spiro atoms. The minimum Gasteiger partial charge on any atom is -0.349 e. The Bertz CT molecular complexity index is 677. The van der Waals surface area contributed by atoms with Gasteiger partial charge in [-0.3, -0.25) is 4.98 Å². The lowest BCUT2D eigenvalue weighted by atomic mass is 10.3. The third-order valence-electron chi connectivity index (χ3n) is 2.64. The lowest BCUT2D eigenvalue weighted by molar-refractivity contribution is 0.881. The smallest absolute Gasteiger partial charge is 0.222 e. The summed E-state index contributed by atoms with van der Waals surface area (Å²) in [6, 6.07) is 5.88. The summed E-state index contributed by atoms with van der Waals surface area (Å²) in [4.78, 5) is 12.8. The van der Waals surface area contributed by atoms with Crippen molar-refractivity contribution in [3.8, 4) is 11.4 Å². The van der Waals surface area contributed by atoms with Gasteiger partial charge in [-0.15, -0.1) is 5.10 Å². The molecule has 3 rings (SSSR count). The van der Waals surface area contributed by atoms with Crippen LogP contribution in [0.4, 0.5) is 5.95 Å². The quantitative estimate of drug-likeness (QED) is 0.726. The molecular formula is C12H12N8. The third-order valence-corrected chi connectivity index (χ3v) is 2.64. The highest BCUT2D eigenvalue weighted by Gasteiger charge is 2.03. The van der Waals surface area contributed by atoms with Crippen LogP contribution in [0.2, 0.25) is 0 Å². The van der Waals surface area contributed by atoms with Gasteiger partial charge in [-0.2, -0.15) is 0 Å². The first kappa shape index (κ1) is 12.2. The summed E-state index contributed by atoms with van der Waals surface area (Å²) < 4.78 is 0. The minimum absolute atomic E-state index is 0.532. The maximum Gasteiger partial charge on any atom is 0.222 e. The van der Waals surface area contributed by atoms with Gasteiger partial charge in [-0.1, -0.05) is 6.07 Å². The Balaban J connectivity index is 1.67. The molecular weight excluding hydrogens is 256 g/mol. The Labute approximate surface area is 114 Å². The zero-order valence-electron chi connectivity index (χ0n) is 10.8. The second-order valence-electron chi connectivity index (χ2n) is 4.17. The molecule has 3 aromatic heterocycles. The molecule has 0 amide bonds. The van der Waals surface area contributed by atoms with E-state index in [2.05, 4.69) is 40.9 Å². The van der Waals surface area contributed by atoms with Gasteiger partial charge in [0.15, 0.2) is 5.82 Å². The number of pyridine rings is 1. The zero-order valence-corrected chi connectivity index (χ0v) is 10.8. The summed E-state index contributed by atoms with van der Waals surface area (Å²) in [5, 5.41) is 16.6. The van der Waals surface area contributed by atoms with Crippen molar-refractivity contribution < 1.29 is 0 Å². The highest BCUT2D eigenvalue weighted by molar-refractivity contribution is 5.51. The number of hydrogen-bond acceptors (Lipinski definition) is 7. The van der Waals surface area contributed by atoms with Crippen LogP contribution in [0, 0.1) is 6.92 Å². The second-order valence-corrected chi connectivity index (χ2v) is 4.17. The fraction of sp³-hybridized carbons (Fsp3) is 0.167. The van der Waals surface area contributed by atoms with E-state index in [1.165, 1.54) is 0 Å². The molecule has 0 unspecified atom stereocenters. The Morgan fingerprint density at radius 3 is 2.75 bits per heavy atom. The van der Waals surface area contributed by atoms with E-state index in [0.717, 1.165) is 17.0 Å². The number of rotatable bonds is 4. The van der Waals surface area contributed by atoms with Gasteiger partial charge in [-0.25, -0.2) is 15.1 Å². The van der Waals surface area contributed by atoms with Crippen LogP contribution in [0.15, 0.2) is 30.6 Å². The lowest BCUT2D eigenvalue weighted by Crippen LogP contribution is -2.05. The normalized spacial score (nSPS) is 10.4. The standard InChI is InChI=1S/C12H12N8/c1-8-3-2-4-10(16-8)7-15-12-13-5-9(6-14-12)11-17-19-20-18-11/h2-6H,7H2,1H3,(H,13,14,15)(H,17,18,19,20). The molecule has 0 saturated carbocycles. The molecule has 100 valence electrons. The summed E-state index contributed by atoms with van der Waals surface area (Å²) in [5.74, 6) is 1.07. The van der Waals surface area contributed by atoms with Crippen molar-refractivity contribution in [2.24, 2.45) is 0 Å². The second kappa shape index (κ2) is 5.39. The van der Waals surface area contributed by atoms with Gasteiger partial charge in [-0.05, 0) is 29.5 Å². The van der Waals surface area contributed by atoms with Gasteiger partial charge in [0.1, 0.15) is 0 Å². The van der Waals surface area contributed by atoms with Crippen molar-refractivity contribution in [1.82, 2.24) is 35.6 Å². The van der Waals surface area contributed by atoms with Crippen molar-refractivity contribution in [2.75, 3.05) is 5.32 Å². The molecule has 0 fully saturated rings. The van der Waals surface area contributed by atoms with Crippen LogP contribution < -0.4 is 5.32 Å². The number of aromatic amines is 1. The molecule has 0 aliphatic heterocycles. The van der Waals surface area contributed by atoms with Crippen LogP contribution in [0.5, 0.6) is 0 Å². The molecule has 0 aliphatic rings. The largest absolute Gasteiger partial charge is 0.349 e. The molecule has 0 bridgehead atoms. The molecule has 8 heteroatoms. The molecule has 20 heavy (non-hydrogen) atoms. The first-order valence-corrected chi connectivity index (χ1v) is 6.04. The summed E-state index contributed by atoms with van der Waals surface area (Å²) in [6.45, 7) is 2.53. The maximum absolute atomic E-state index is 4.40. The Morgan fingerprint density at radius 1 is 1.20 bits per heavy atom. The van der Waals surface area contributed by atoms with E-state index in [4.69, 9.17) is 0 Å². The average molecular weight is 268 g/mol. The van der Waals surface area contributed by atoms with Crippen molar-refractivity contribution in [1.29, 1.82) is 0 Å². The van der Waals surface area contributed by atoms with Crippen molar-refractivity contribution in [3.63, 3.8) is 0 Å². The number of nitrogens with one attached hydrogen (secondary N) is 2. The molecule has 0 atom stereocenters. The van der Waals surface area contributed by atoms with E-state index in [1.807, 2.05) is 25.1 Å². The molecule has 3 aromatic rings. The van der Waals surface area contributed by atoms with E-state index >= 15 is 0 Å². The molecule has 8 nitrogen and oxygen atoms in total. The SMILES string of the molecule is Cc1cccc(CNc2ncc(-c3nnn[nH]3)cn2)n1. The monoisotopic (exact) mass is 268 g/mol. The fourth-order valence-corrected chi connectivity index (χ4v) is 1.69. The number of hydrogen-bond donors (Lipinski definition) is 2. The topological polar surface area (TPSA) is 105 Å². The predicted molar refractivity (Wildman–Crippen MR) is 71.5 cm³/mol. The Hall–Kier alpha value is -2.90. The van der Waals surface area contributed by atoms with Crippen LogP contribution in [0.3, 0.4) is 0 Å². The molecule has 2 N–H and O–H groups in total. The first-order chi connectivity index (χ1) is 9.81. The summed E-state index contributed by atoms with van der Waals surface area (Å²) in [5.41, 5.74) is 2.66. The lowest BCUT2D eigenvalue weighted by Gasteiger charge is -2.05. The van der Waals surface area contributed by atoms with Gasteiger partial charge >= 0.3 is 0 Å². The van der Waals surface area contributed by atoms with Crippen molar-refractivity contribution in [3.05, 3.63) is 42.0 Å². The van der Waals surface area contributed by atoms with Crippen LogP contribution in [0.1, 0.15) is 11.4 Å². The summed E-state index contributed by atoms with van der Waals surface area (Å²) in [6.07, 6.45) is 3.31. The number of anilines is 1. The Kier molecular flexibility index (Phi) is 3.27. The van der Waals surface area contributed by atoms with E-state index in [1.54, 1.807) is 12.4 Å². The van der Waals surface area contributed by atoms with Gasteiger partial charge in [0.2, 0.25) is 5.95 Å². The van der Waals surface area contributed by atoms with Crippen molar-refractivity contribution in [2.45, 2.75) is 13.5 Å². The summed E-state index contributed by atoms with van der Waals surface area (Å²) in [7, 11) is 0. The number of tetrazole rings is 1. The predicted octanol–water partition coefficient (Wildman–Crippen LogP) is 0.972. The van der Waals surface area contributed by atoms with Gasteiger partial charge in [0, 0.05) is 18.1 Å². The third kappa shape index (κ3) is 2.74. The fourth-order valence-electron chi connectivity index (χ4n) is 1.69. The van der Waals surface area contributed by atoms with E-state index < -0.39 is 0 Å². The van der Waals surface area contributed by atoms with Crippen molar-refractivity contribution >= 4 is 5.95 Å². The van der Waals surface area contributed by atoms with Gasteiger partial charge in [0.25, 0.3) is 0 Å². The van der Waals surface area contributed by atoms with E-state index in [0.29, 0.717) is 18.3 Å². The minimum atomic E-state index is 0.532. The number of aromatic nitrogens is 7. The molecule has 3 heterocycles. The van der Waals surface area contributed by atoms with E-state index in [-0.39, 0.29) is 0 Å². The highest BCUT2D eigenvalue weighted by atomic mass is 15.5. The molecule has 0 aromatic carbocycles. The number of aryl methyl sites for hydroxylation is 1. The number of nitrogens with zero attached hydrogens (tertiary/aromatic N) is 6. The van der Waals surface area contributed by atoms with Crippen LogP contribution in [-0.2, 0) is 6.54 Å². The maximum atomic E-state index is 4.40. The van der Waals surface area contributed by atoms with E-state index in [9.17, 15) is 0 Å². The Morgan fingerprint density at radius 2 is 2.05 bits per heavy atom. The number of H-pyrrole nitrogens is 1.